The van der Waals surface area contributed by atoms with Gasteiger partial charge in [-0.1, -0.05) is 12.1 Å². The van der Waals surface area contributed by atoms with Crippen molar-refractivity contribution in [1.82, 2.24) is 14.6 Å². The molecule has 6 nitrogen and oxygen atoms in total. The van der Waals surface area contributed by atoms with Crippen molar-refractivity contribution >= 4 is 11.5 Å². The molecule has 29 heavy (non-hydrogen) atoms. The van der Waals surface area contributed by atoms with Crippen LogP contribution in [0.2, 0.25) is 0 Å². The fraction of sp³-hybridized carbons (Fsp3) is 0.400. The fourth-order valence-corrected chi connectivity index (χ4v) is 3.65. The molecule has 0 saturated carbocycles. The van der Waals surface area contributed by atoms with Crippen LogP contribution < -0.4 is 9.64 Å². The van der Waals surface area contributed by atoms with Crippen LogP contribution in [0.25, 0.3) is 16.9 Å². The molecule has 0 radical (unpaired) electrons. The highest BCUT2D eigenvalue weighted by Gasteiger charge is 2.43. The van der Waals surface area contributed by atoms with E-state index in [1.54, 1.807) is 22.8 Å². The van der Waals surface area contributed by atoms with Crippen LogP contribution in [0.15, 0.2) is 36.5 Å². The molecule has 1 aromatic carbocycles. The number of aromatic nitrogens is 3. The number of halogens is 3. The van der Waals surface area contributed by atoms with Crippen LogP contribution in [0.3, 0.4) is 0 Å². The summed E-state index contributed by atoms with van der Waals surface area (Å²) in [6.45, 7) is 0.891. The second kappa shape index (κ2) is 7.22. The highest BCUT2D eigenvalue weighted by molar-refractivity contribution is 5.66. The number of benzene rings is 1. The minimum atomic E-state index is -2.91. The summed E-state index contributed by atoms with van der Waals surface area (Å²) in [7, 11) is 0. The number of aliphatic hydroxyl groups excluding tert-OH is 1. The number of imidazole rings is 1. The Morgan fingerprint density at radius 1 is 1.28 bits per heavy atom. The molecular formula is C20H21F3N4O2. The number of aliphatic hydroxyl groups is 1. The molecule has 4 rings (SSSR count). The Morgan fingerprint density at radius 3 is 2.76 bits per heavy atom. The number of rotatable bonds is 5. The van der Waals surface area contributed by atoms with Crippen molar-refractivity contribution in [1.29, 1.82) is 0 Å². The standard InChI is InChI=1S/C20H21F3N4O2/c1-12-8-17-24-10-16(14-4-3-5-15(9-14)29-19(21)22)27(17)25-18(12)26-7-6-20(23,11-26)13(2)28/h3-5,8-10,13,19,28H,6-7,11H2,1-2H3. The smallest absolute Gasteiger partial charge is 0.387 e. The number of fused-ring (bicyclic) bond motifs is 1. The van der Waals surface area contributed by atoms with Crippen LogP contribution in [-0.4, -0.2) is 51.2 Å². The lowest BCUT2D eigenvalue weighted by Gasteiger charge is -2.24. The van der Waals surface area contributed by atoms with E-state index in [1.165, 1.54) is 19.1 Å². The Labute approximate surface area is 165 Å². The first kappa shape index (κ1) is 19.5. The summed E-state index contributed by atoms with van der Waals surface area (Å²) in [5, 5.41) is 14.4. The van der Waals surface area contributed by atoms with Crippen LogP contribution >= 0.6 is 0 Å². The minimum Gasteiger partial charge on any atom is -0.435 e. The van der Waals surface area contributed by atoms with Crippen molar-refractivity contribution < 1.29 is 23.0 Å². The second-order valence-electron chi connectivity index (χ2n) is 7.35. The molecule has 0 aliphatic carbocycles. The van der Waals surface area contributed by atoms with Crippen molar-refractivity contribution in [3.05, 3.63) is 42.1 Å². The third-order valence-electron chi connectivity index (χ3n) is 5.31. The molecule has 154 valence electrons. The first-order chi connectivity index (χ1) is 13.8. The van der Waals surface area contributed by atoms with Gasteiger partial charge in [0.2, 0.25) is 0 Å². The number of aryl methyl sites for hydroxylation is 1. The van der Waals surface area contributed by atoms with Gasteiger partial charge in [-0.05, 0) is 37.6 Å². The van der Waals surface area contributed by atoms with Gasteiger partial charge in [0.1, 0.15) is 5.75 Å². The Balaban J connectivity index is 1.73. The van der Waals surface area contributed by atoms with Crippen molar-refractivity contribution in [3.8, 4) is 17.0 Å². The van der Waals surface area contributed by atoms with Crippen molar-refractivity contribution in [2.24, 2.45) is 0 Å². The van der Waals surface area contributed by atoms with Crippen LogP contribution in [0.1, 0.15) is 18.9 Å². The maximum absolute atomic E-state index is 14.8. The van der Waals surface area contributed by atoms with E-state index in [-0.39, 0.29) is 18.7 Å². The highest BCUT2D eigenvalue weighted by Crippen LogP contribution is 2.34. The summed E-state index contributed by atoms with van der Waals surface area (Å²) in [6.07, 6.45) is 0.748. The average Bonchev–Trinajstić information content (AvgIpc) is 3.25. The predicted molar refractivity (Wildman–Crippen MR) is 102 cm³/mol. The van der Waals surface area contributed by atoms with E-state index in [2.05, 4.69) is 14.8 Å². The van der Waals surface area contributed by atoms with Gasteiger partial charge in [0.05, 0.1) is 24.5 Å². The summed E-state index contributed by atoms with van der Waals surface area (Å²) in [5.41, 5.74) is 0.953. The number of nitrogens with zero attached hydrogens (tertiary/aromatic N) is 4. The zero-order valence-electron chi connectivity index (χ0n) is 16.0. The van der Waals surface area contributed by atoms with Gasteiger partial charge in [-0.2, -0.15) is 8.78 Å². The Hall–Kier alpha value is -2.81. The molecule has 1 saturated heterocycles. The Bertz CT molecular complexity index is 1040. The number of anilines is 1. The van der Waals surface area contributed by atoms with E-state index in [1.807, 2.05) is 17.9 Å². The SMILES string of the molecule is Cc1cc2ncc(-c3cccc(OC(F)F)c3)n2nc1N1CCC(F)(C(C)O)C1. The van der Waals surface area contributed by atoms with E-state index in [0.717, 1.165) is 5.56 Å². The van der Waals surface area contributed by atoms with Gasteiger partial charge >= 0.3 is 6.61 Å². The van der Waals surface area contributed by atoms with E-state index in [4.69, 9.17) is 0 Å². The summed E-state index contributed by atoms with van der Waals surface area (Å²) < 4.78 is 46.0. The summed E-state index contributed by atoms with van der Waals surface area (Å²) in [4.78, 5) is 6.16. The fourth-order valence-electron chi connectivity index (χ4n) is 3.65. The molecule has 0 spiro atoms. The van der Waals surface area contributed by atoms with Crippen LogP contribution in [0.5, 0.6) is 5.75 Å². The molecule has 3 aromatic rings. The first-order valence-corrected chi connectivity index (χ1v) is 9.29. The quantitative estimate of drug-likeness (QED) is 0.702. The van der Waals surface area contributed by atoms with Crippen LogP contribution in [-0.2, 0) is 0 Å². The molecule has 2 aromatic heterocycles. The van der Waals surface area contributed by atoms with Gasteiger partial charge in [-0.15, -0.1) is 5.10 Å². The zero-order valence-corrected chi connectivity index (χ0v) is 16.0. The summed E-state index contributed by atoms with van der Waals surface area (Å²) >= 11 is 0. The van der Waals surface area contributed by atoms with Crippen molar-refractivity contribution in [2.75, 3.05) is 18.0 Å². The van der Waals surface area contributed by atoms with Gasteiger partial charge in [-0.3, -0.25) is 0 Å². The third-order valence-corrected chi connectivity index (χ3v) is 5.31. The topological polar surface area (TPSA) is 62.9 Å². The van der Waals surface area contributed by atoms with Gasteiger partial charge in [-0.25, -0.2) is 13.9 Å². The molecule has 1 aliphatic rings. The maximum Gasteiger partial charge on any atom is 0.387 e. The molecule has 9 heteroatoms. The van der Waals surface area contributed by atoms with Gasteiger partial charge in [0, 0.05) is 18.5 Å². The van der Waals surface area contributed by atoms with E-state index < -0.39 is 18.4 Å². The molecule has 2 unspecified atom stereocenters. The minimum absolute atomic E-state index is 0.0403. The normalized spacial score (nSPS) is 20.6. The number of hydrogen-bond donors (Lipinski definition) is 1. The monoisotopic (exact) mass is 406 g/mol. The lowest BCUT2D eigenvalue weighted by Crippen LogP contribution is -2.39. The van der Waals surface area contributed by atoms with Crippen molar-refractivity contribution in [3.63, 3.8) is 0 Å². The highest BCUT2D eigenvalue weighted by atomic mass is 19.3. The Morgan fingerprint density at radius 2 is 2.07 bits per heavy atom. The Kier molecular flexibility index (Phi) is 4.85. The largest absolute Gasteiger partial charge is 0.435 e. The summed E-state index contributed by atoms with van der Waals surface area (Å²) in [5.74, 6) is 0.635. The van der Waals surface area contributed by atoms with Crippen molar-refractivity contribution in [2.45, 2.75) is 38.7 Å². The maximum atomic E-state index is 14.8. The van der Waals surface area contributed by atoms with E-state index >= 15 is 0 Å². The average molecular weight is 406 g/mol. The molecule has 0 amide bonds. The first-order valence-electron chi connectivity index (χ1n) is 9.29. The molecule has 3 heterocycles. The lowest BCUT2D eigenvalue weighted by molar-refractivity contribution is -0.0498. The zero-order chi connectivity index (χ0) is 20.8. The van der Waals surface area contributed by atoms with Gasteiger partial charge in [0.25, 0.3) is 0 Å². The van der Waals surface area contributed by atoms with Gasteiger partial charge in [0.15, 0.2) is 17.1 Å². The second-order valence-corrected chi connectivity index (χ2v) is 7.35. The summed E-state index contributed by atoms with van der Waals surface area (Å²) in [6, 6.07) is 8.14. The molecule has 1 aliphatic heterocycles. The molecule has 1 N–H and O–H groups in total. The predicted octanol–water partition coefficient (Wildman–Crippen LogP) is 3.61. The number of hydrogen-bond acceptors (Lipinski definition) is 5. The molecular weight excluding hydrogens is 385 g/mol. The molecule has 1 fully saturated rings. The van der Waals surface area contributed by atoms with Crippen LogP contribution in [0.4, 0.5) is 19.0 Å². The number of ether oxygens (including phenoxy) is 1. The third kappa shape index (κ3) is 3.62. The number of alkyl halides is 3. The van der Waals surface area contributed by atoms with E-state index in [0.29, 0.717) is 29.3 Å². The molecule has 0 bridgehead atoms. The lowest BCUT2D eigenvalue weighted by atomic mass is 10.00. The van der Waals surface area contributed by atoms with E-state index in [9.17, 15) is 18.3 Å². The van der Waals surface area contributed by atoms with Crippen LogP contribution in [0, 0.1) is 6.92 Å². The molecule has 2 atom stereocenters. The van der Waals surface area contributed by atoms with Gasteiger partial charge < -0.3 is 14.7 Å².